The molecule has 0 bridgehead atoms. The molecule has 1 fully saturated rings. The molecule has 1 aliphatic rings. The molecule has 3 rings (SSSR count). The quantitative estimate of drug-likeness (QED) is 0.494. The van der Waals surface area contributed by atoms with Crippen LogP contribution in [-0.4, -0.2) is 22.8 Å². The van der Waals surface area contributed by atoms with Gasteiger partial charge in [-0.25, -0.2) is 4.79 Å². The molecule has 8 heteroatoms. The van der Waals surface area contributed by atoms with Gasteiger partial charge in [0.15, 0.2) is 0 Å². The van der Waals surface area contributed by atoms with Crippen LogP contribution in [0.5, 0.6) is 0 Å². The fourth-order valence-corrected chi connectivity index (χ4v) is 2.11. The largest absolute Gasteiger partial charge is 0.441 e. The van der Waals surface area contributed by atoms with Gasteiger partial charge < -0.3 is 14.5 Å². The summed E-state index contributed by atoms with van der Waals surface area (Å²) in [7, 11) is 0. The highest BCUT2D eigenvalue weighted by atomic mass is 16.7. The molecule has 1 saturated carbocycles. The molecule has 2 aromatic rings. The van der Waals surface area contributed by atoms with Crippen molar-refractivity contribution in [1.29, 1.82) is 0 Å². The summed E-state index contributed by atoms with van der Waals surface area (Å²) < 4.78 is 10.1. The van der Waals surface area contributed by atoms with Crippen molar-refractivity contribution in [2.45, 2.75) is 25.0 Å². The van der Waals surface area contributed by atoms with Crippen molar-refractivity contribution in [2.24, 2.45) is 0 Å². The highest BCUT2D eigenvalue weighted by Crippen LogP contribution is 2.25. The predicted molar refractivity (Wildman–Crippen MR) is 81.1 cm³/mol. The molecule has 1 heterocycles. The van der Waals surface area contributed by atoms with Crippen LogP contribution in [0.15, 0.2) is 46.9 Å². The minimum Gasteiger partial charge on any atom is -0.441 e. The number of nitrogens with one attached hydrogen (secondary N) is 1. The molecule has 8 nitrogen and oxygen atoms in total. The SMILES string of the molecule is O=C(O[C@H](C(=O)NC1CC1)c1ccccc1)c1ccc([N+](=O)[O-])o1. The van der Waals surface area contributed by atoms with Crippen LogP contribution < -0.4 is 5.32 Å². The number of carbonyl (C=O) groups is 2. The maximum Gasteiger partial charge on any atom is 0.433 e. The summed E-state index contributed by atoms with van der Waals surface area (Å²) >= 11 is 0. The van der Waals surface area contributed by atoms with E-state index in [4.69, 9.17) is 9.15 Å². The Morgan fingerprint density at radius 3 is 2.50 bits per heavy atom. The van der Waals surface area contributed by atoms with Crippen LogP contribution in [0.1, 0.15) is 35.1 Å². The Kier molecular flexibility index (Phi) is 4.28. The van der Waals surface area contributed by atoms with E-state index in [2.05, 4.69) is 5.32 Å². The van der Waals surface area contributed by atoms with Gasteiger partial charge in [0.25, 0.3) is 5.91 Å². The van der Waals surface area contributed by atoms with Gasteiger partial charge in [-0.1, -0.05) is 30.3 Å². The number of esters is 1. The zero-order chi connectivity index (χ0) is 17.1. The topological polar surface area (TPSA) is 112 Å². The van der Waals surface area contributed by atoms with Gasteiger partial charge in [0.05, 0.1) is 6.07 Å². The number of nitro groups is 1. The Bertz CT molecular complexity index is 766. The maximum absolute atomic E-state index is 12.3. The van der Waals surface area contributed by atoms with Gasteiger partial charge >= 0.3 is 11.9 Å². The highest BCUT2D eigenvalue weighted by molar-refractivity contribution is 5.91. The smallest absolute Gasteiger partial charge is 0.433 e. The van der Waals surface area contributed by atoms with Gasteiger partial charge in [0.1, 0.15) is 4.92 Å². The lowest BCUT2D eigenvalue weighted by Gasteiger charge is -2.17. The molecule has 1 atom stereocenters. The van der Waals surface area contributed by atoms with Gasteiger partial charge in [-0.2, -0.15) is 0 Å². The Morgan fingerprint density at radius 1 is 1.21 bits per heavy atom. The third-order valence-electron chi connectivity index (χ3n) is 3.46. The lowest BCUT2D eigenvalue weighted by Crippen LogP contribution is -2.33. The minimum atomic E-state index is -1.15. The molecule has 0 spiro atoms. The van der Waals surface area contributed by atoms with E-state index in [0.29, 0.717) is 5.56 Å². The van der Waals surface area contributed by atoms with Crippen LogP contribution in [0, 0.1) is 10.1 Å². The first-order valence-electron chi connectivity index (χ1n) is 7.35. The van der Waals surface area contributed by atoms with E-state index in [9.17, 15) is 19.7 Å². The van der Waals surface area contributed by atoms with Crippen molar-refractivity contribution in [3.8, 4) is 0 Å². The lowest BCUT2D eigenvalue weighted by atomic mass is 10.1. The third kappa shape index (κ3) is 3.60. The minimum absolute atomic E-state index is 0.104. The molecule has 1 N–H and O–H groups in total. The number of benzene rings is 1. The summed E-state index contributed by atoms with van der Waals surface area (Å²) in [5.74, 6) is -2.27. The summed E-state index contributed by atoms with van der Waals surface area (Å²) in [6, 6.07) is 10.8. The van der Waals surface area contributed by atoms with Crippen LogP contribution in [0.4, 0.5) is 5.88 Å². The maximum atomic E-state index is 12.3. The van der Waals surface area contributed by atoms with Crippen LogP contribution in [0.25, 0.3) is 0 Å². The summed E-state index contributed by atoms with van der Waals surface area (Å²) in [6.07, 6.45) is 0.639. The molecule has 124 valence electrons. The molecule has 24 heavy (non-hydrogen) atoms. The number of ether oxygens (including phenoxy) is 1. The van der Waals surface area contributed by atoms with Gasteiger partial charge in [0.2, 0.25) is 11.9 Å². The second-order valence-electron chi connectivity index (χ2n) is 5.37. The van der Waals surface area contributed by atoms with Gasteiger partial charge in [0, 0.05) is 11.6 Å². The van der Waals surface area contributed by atoms with E-state index in [0.717, 1.165) is 25.0 Å². The Labute approximate surface area is 136 Å². The average Bonchev–Trinajstić information content (AvgIpc) is 3.24. The normalized spacial score (nSPS) is 14.7. The number of nitrogens with zero attached hydrogens (tertiary/aromatic N) is 1. The van der Waals surface area contributed by atoms with Crippen molar-refractivity contribution in [3.63, 3.8) is 0 Å². The Morgan fingerprint density at radius 2 is 1.92 bits per heavy atom. The zero-order valence-electron chi connectivity index (χ0n) is 12.5. The molecule has 1 aromatic carbocycles. The second-order valence-corrected chi connectivity index (χ2v) is 5.37. The van der Waals surface area contributed by atoms with Gasteiger partial charge in [-0.05, 0) is 18.9 Å². The monoisotopic (exact) mass is 330 g/mol. The number of hydrogen-bond donors (Lipinski definition) is 1. The molecule has 1 aliphatic carbocycles. The molecule has 0 radical (unpaired) electrons. The second kappa shape index (κ2) is 6.53. The first kappa shape index (κ1) is 15.7. The third-order valence-corrected chi connectivity index (χ3v) is 3.46. The number of furan rings is 1. The molecule has 0 unspecified atom stereocenters. The average molecular weight is 330 g/mol. The van der Waals surface area contributed by atoms with Crippen LogP contribution in [0.2, 0.25) is 0 Å². The highest BCUT2D eigenvalue weighted by Gasteiger charge is 2.32. The van der Waals surface area contributed by atoms with Crippen molar-refractivity contribution >= 4 is 17.8 Å². The summed E-state index contributed by atoms with van der Waals surface area (Å²) in [5, 5.41) is 13.4. The molecule has 1 amide bonds. The van der Waals surface area contributed by atoms with Gasteiger partial charge in [-0.3, -0.25) is 14.9 Å². The Balaban J connectivity index is 1.78. The zero-order valence-corrected chi connectivity index (χ0v) is 12.5. The summed E-state index contributed by atoms with van der Waals surface area (Å²) in [6.45, 7) is 0. The molecule has 0 aliphatic heterocycles. The van der Waals surface area contributed by atoms with Crippen LogP contribution in [0.3, 0.4) is 0 Å². The first-order valence-corrected chi connectivity index (χ1v) is 7.35. The van der Waals surface area contributed by atoms with Gasteiger partial charge in [-0.15, -0.1) is 0 Å². The fourth-order valence-electron chi connectivity index (χ4n) is 2.11. The first-order chi connectivity index (χ1) is 11.5. The number of hydrogen-bond acceptors (Lipinski definition) is 6. The van der Waals surface area contributed by atoms with Crippen LogP contribution >= 0.6 is 0 Å². The number of amides is 1. The molecule has 1 aromatic heterocycles. The summed E-state index contributed by atoms with van der Waals surface area (Å²) in [5.41, 5.74) is 0.505. The lowest BCUT2D eigenvalue weighted by molar-refractivity contribution is -0.402. The van der Waals surface area contributed by atoms with Crippen molar-refractivity contribution in [1.82, 2.24) is 5.32 Å². The number of carbonyl (C=O) groups excluding carboxylic acids is 2. The predicted octanol–water partition coefficient (Wildman–Crippen LogP) is 2.36. The number of rotatable bonds is 6. The van der Waals surface area contributed by atoms with E-state index >= 15 is 0 Å². The van der Waals surface area contributed by atoms with Crippen molar-refractivity contribution in [2.75, 3.05) is 0 Å². The van der Waals surface area contributed by atoms with E-state index in [-0.39, 0.29) is 11.8 Å². The van der Waals surface area contributed by atoms with E-state index in [1.165, 1.54) is 0 Å². The fraction of sp³-hybridized carbons (Fsp3) is 0.250. The molecular formula is C16H14N2O6. The summed E-state index contributed by atoms with van der Waals surface area (Å²) in [4.78, 5) is 34.4. The standard InChI is InChI=1S/C16H14N2O6/c19-15(17-11-6-7-11)14(10-4-2-1-3-5-10)24-16(20)12-8-9-13(23-12)18(21)22/h1-5,8-9,11,14H,6-7H2,(H,17,19)/t14-/m0/s1. The van der Waals surface area contributed by atoms with Crippen molar-refractivity contribution in [3.05, 3.63) is 63.9 Å². The Hall–Kier alpha value is -3.16. The molecule has 0 saturated heterocycles. The molecular weight excluding hydrogens is 316 g/mol. The van der Waals surface area contributed by atoms with E-state index in [1.54, 1.807) is 30.3 Å². The van der Waals surface area contributed by atoms with Crippen molar-refractivity contribution < 1.29 is 23.7 Å². The van der Waals surface area contributed by atoms with E-state index < -0.39 is 28.8 Å². The van der Waals surface area contributed by atoms with Crippen LogP contribution in [-0.2, 0) is 9.53 Å². The van der Waals surface area contributed by atoms with E-state index in [1.807, 2.05) is 0 Å².